The van der Waals surface area contributed by atoms with E-state index in [0.29, 0.717) is 6.54 Å². The van der Waals surface area contributed by atoms with E-state index >= 15 is 0 Å². The normalized spacial score (nSPS) is 26.3. The molecule has 14 heavy (non-hydrogen) atoms. The molecule has 0 aromatic rings. The molecular formula is C10H18ClNO2. The number of aliphatic carboxylic acids is 1. The molecule has 82 valence electrons. The van der Waals surface area contributed by atoms with Crippen LogP contribution < -0.4 is 5.32 Å². The van der Waals surface area contributed by atoms with E-state index in [4.69, 9.17) is 5.11 Å². The van der Waals surface area contributed by atoms with Crippen LogP contribution in [0.2, 0.25) is 0 Å². The Kier molecular flexibility index (Phi) is 6.58. The maximum atomic E-state index is 10.9. The first kappa shape index (κ1) is 13.5. The highest BCUT2D eigenvalue weighted by Crippen LogP contribution is 2.24. The van der Waals surface area contributed by atoms with Gasteiger partial charge in [0.15, 0.2) is 0 Å². The van der Waals surface area contributed by atoms with Crippen molar-refractivity contribution >= 4 is 18.4 Å². The first-order valence-electron chi connectivity index (χ1n) is 4.82. The second-order valence-corrected chi connectivity index (χ2v) is 3.53. The molecule has 0 heterocycles. The van der Waals surface area contributed by atoms with E-state index in [-0.39, 0.29) is 24.4 Å². The van der Waals surface area contributed by atoms with Gasteiger partial charge in [0.25, 0.3) is 0 Å². The van der Waals surface area contributed by atoms with Crippen LogP contribution in [0.4, 0.5) is 0 Å². The Morgan fingerprint density at radius 2 is 2.14 bits per heavy atom. The highest BCUT2D eigenvalue weighted by atomic mass is 35.5. The summed E-state index contributed by atoms with van der Waals surface area (Å²) in [6.07, 6.45) is 5.74. The number of nitrogens with one attached hydrogen (secondary N) is 1. The van der Waals surface area contributed by atoms with Crippen LogP contribution in [0.25, 0.3) is 0 Å². The Balaban J connectivity index is 0.00000169. The van der Waals surface area contributed by atoms with Crippen LogP contribution in [-0.4, -0.2) is 23.7 Å². The summed E-state index contributed by atoms with van der Waals surface area (Å²) in [5.74, 6) is -0.866. The molecule has 4 heteroatoms. The van der Waals surface area contributed by atoms with E-state index in [0.717, 1.165) is 25.7 Å². The van der Waals surface area contributed by atoms with Crippen molar-refractivity contribution in [2.45, 2.75) is 31.7 Å². The zero-order valence-corrected chi connectivity index (χ0v) is 9.05. The number of carbonyl (C=O) groups is 1. The van der Waals surface area contributed by atoms with Crippen molar-refractivity contribution in [1.29, 1.82) is 0 Å². The van der Waals surface area contributed by atoms with E-state index in [1.807, 2.05) is 0 Å². The van der Waals surface area contributed by atoms with E-state index < -0.39 is 5.97 Å². The minimum Gasteiger partial charge on any atom is -0.481 e. The zero-order valence-electron chi connectivity index (χ0n) is 8.24. The lowest BCUT2D eigenvalue weighted by molar-refractivity contribution is -0.143. The molecule has 0 aliphatic heterocycles. The summed E-state index contributed by atoms with van der Waals surface area (Å²) in [4.78, 5) is 10.9. The topological polar surface area (TPSA) is 49.3 Å². The summed E-state index contributed by atoms with van der Waals surface area (Å²) in [6.45, 7) is 4.31. The smallest absolute Gasteiger partial charge is 0.308 e. The zero-order chi connectivity index (χ0) is 9.68. The maximum Gasteiger partial charge on any atom is 0.308 e. The molecular weight excluding hydrogens is 202 g/mol. The van der Waals surface area contributed by atoms with Crippen LogP contribution >= 0.6 is 12.4 Å². The van der Waals surface area contributed by atoms with Crippen molar-refractivity contribution in [3.8, 4) is 0 Å². The highest BCUT2D eigenvalue weighted by molar-refractivity contribution is 5.85. The molecule has 0 bridgehead atoms. The van der Waals surface area contributed by atoms with Gasteiger partial charge in [-0.2, -0.15) is 0 Å². The molecule has 2 atom stereocenters. The molecule has 0 radical (unpaired) electrons. The molecule has 1 saturated carbocycles. The second kappa shape index (κ2) is 6.85. The van der Waals surface area contributed by atoms with E-state index in [1.54, 1.807) is 6.08 Å². The van der Waals surface area contributed by atoms with E-state index in [2.05, 4.69) is 11.9 Å². The second-order valence-electron chi connectivity index (χ2n) is 3.53. The van der Waals surface area contributed by atoms with Crippen LogP contribution in [0.3, 0.4) is 0 Å². The van der Waals surface area contributed by atoms with Gasteiger partial charge in [0.1, 0.15) is 0 Å². The van der Waals surface area contributed by atoms with Crippen molar-refractivity contribution in [3.05, 3.63) is 12.7 Å². The lowest BCUT2D eigenvalue weighted by Crippen LogP contribution is -2.42. The first-order chi connectivity index (χ1) is 6.25. The van der Waals surface area contributed by atoms with E-state index in [9.17, 15) is 4.79 Å². The van der Waals surface area contributed by atoms with Gasteiger partial charge in [-0.05, 0) is 12.8 Å². The molecule has 2 unspecified atom stereocenters. The molecule has 1 rings (SSSR count). The number of carboxylic acid groups (broad SMARTS) is 1. The van der Waals surface area contributed by atoms with Crippen molar-refractivity contribution in [2.75, 3.05) is 6.54 Å². The van der Waals surface area contributed by atoms with Gasteiger partial charge in [0, 0.05) is 12.6 Å². The highest BCUT2D eigenvalue weighted by Gasteiger charge is 2.29. The van der Waals surface area contributed by atoms with E-state index in [1.165, 1.54) is 0 Å². The van der Waals surface area contributed by atoms with Gasteiger partial charge in [0.05, 0.1) is 5.92 Å². The van der Waals surface area contributed by atoms with Crippen molar-refractivity contribution in [1.82, 2.24) is 5.32 Å². The Labute approximate surface area is 91.0 Å². The molecule has 0 spiro atoms. The summed E-state index contributed by atoms with van der Waals surface area (Å²) >= 11 is 0. The average Bonchev–Trinajstić information content (AvgIpc) is 2.15. The third-order valence-electron chi connectivity index (χ3n) is 2.61. The number of hydrogen-bond acceptors (Lipinski definition) is 2. The maximum absolute atomic E-state index is 10.9. The SMILES string of the molecule is C=CCNC1CCCCC1C(=O)O.Cl. The Bertz CT molecular complexity index is 197. The Hall–Kier alpha value is -0.540. The largest absolute Gasteiger partial charge is 0.481 e. The molecule has 1 aliphatic rings. The van der Waals surface area contributed by atoms with Gasteiger partial charge in [-0.3, -0.25) is 4.79 Å². The summed E-state index contributed by atoms with van der Waals surface area (Å²) < 4.78 is 0. The number of halogens is 1. The molecule has 0 saturated heterocycles. The minimum atomic E-state index is -0.665. The summed E-state index contributed by atoms with van der Waals surface area (Å²) in [6, 6.07) is 0.143. The summed E-state index contributed by atoms with van der Waals surface area (Å²) in [7, 11) is 0. The van der Waals surface area contributed by atoms with Gasteiger partial charge in [-0.25, -0.2) is 0 Å². The molecule has 0 aromatic carbocycles. The summed E-state index contributed by atoms with van der Waals surface area (Å²) in [5.41, 5.74) is 0. The minimum absolute atomic E-state index is 0. The van der Waals surface area contributed by atoms with Crippen molar-refractivity contribution in [2.24, 2.45) is 5.92 Å². The van der Waals surface area contributed by atoms with Crippen LogP contribution in [0, 0.1) is 5.92 Å². The van der Waals surface area contributed by atoms with Gasteiger partial charge in [-0.15, -0.1) is 19.0 Å². The van der Waals surface area contributed by atoms with Crippen LogP contribution in [-0.2, 0) is 4.79 Å². The van der Waals surface area contributed by atoms with Crippen LogP contribution in [0.15, 0.2) is 12.7 Å². The lowest BCUT2D eigenvalue weighted by Gasteiger charge is -2.28. The fourth-order valence-electron chi connectivity index (χ4n) is 1.91. The van der Waals surface area contributed by atoms with Crippen LogP contribution in [0.1, 0.15) is 25.7 Å². The molecule has 1 fully saturated rings. The fraction of sp³-hybridized carbons (Fsp3) is 0.700. The lowest BCUT2D eigenvalue weighted by atomic mass is 9.84. The molecule has 1 aliphatic carbocycles. The standard InChI is InChI=1S/C10H17NO2.ClH/c1-2-7-11-9-6-4-3-5-8(9)10(12)13;/h2,8-9,11H,1,3-7H2,(H,12,13);1H. The summed E-state index contributed by atoms with van der Waals surface area (Å²) in [5, 5.41) is 12.1. The number of rotatable bonds is 4. The van der Waals surface area contributed by atoms with Gasteiger partial charge < -0.3 is 10.4 Å². The fourth-order valence-corrected chi connectivity index (χ4v) is 1.91. The van der Waals surface area contributed by atoms with Crippen LogP contribution in [0.5, 0.6) is 0 Å². The Morgan fingerprint density at radius 3 is 2.71 bits per heavy atom. The van der Waals surface area contributed by atoms with Crippen molar-refractivity contribution in [3.63, 3.8) is 0 Å². The third kappa shape index (κ3) is 3.68. The predicted molar refractivity (Wildman–Crippen MR) is 58.8 cm³/mol. The van der Waals surface area contributed by atoms with Gasteiger partial charge in [0.2, 0.25) is 0 Å². The van der Waals surface area contributed by atoms with Gasteiger partial charge in [-0.1, -0.05) is 18.9 Å². The van der Waals surface area contributed by atoms with Gasteiger partial charge >= 0.3 is 5.97 Å². The molecule has 0 amide bonds. The quantitative estimate of drug-likeness (QED) is 0.710. The predicted octanol–water partition coefficient (Wildman–Crippen LogP) is 1.83. The molecule has 0 aromatic heterocycles. The number of carboxylic acids is 1. The Morgan fingerprint density at radius 1 is 1.50 bits per heavy atom. The molecule has 2 N–H and O–H groups in total. The van der Waals surface area contributed by atoms with Crippen molar-refractivity contribution < 1.29 is 9.90 Å². The molecule has 3 nitrogen and oxygen atoms in total. The number of hydrogen-bond donors (Lipinski definition) is 2. The first-order valence-corrected chi connectivity index (χ1v) is 4.82. The monoisotopic (exact) mass is 219 g/mol. The third-order valence-corrected chi connectivity index (χ3v) is 2.61. The average molecular weight is 220 g/mol.